The molecule has 5 rings (SSSR count). The van der Waals surface area contributed by atoms with Gasteiger partial charge in [0.15, 0.2) is 5.78 Å². The minimum Gasteiger partial charge on any atom is -0.292 e. The minimum atomic E-state index is -0.687. The Morgan fingerprint density at radius 2 is 1.59 bits per heavy atom. The average Bonchev–Trinajstić information content (AvgIpc) is 3.47. The molecule has 6 nitrogen and oxygen atoms in total. The van der Waals surface area contributed by atoms with Crippen molar-refractivity contribution in [3.05, 3.63) is 68.7 Å². The smallest absolute Gasteiger partial charge is 0.274 e. The minimum absolute atomic E-state index is 0.0691. The Kier molecular flexibility index (Phi) is 5.77. The summed E-state index contributed by atoms with van der Waals surface area (Å²) in [6, 6.07) is 9.63. The fraction of sp³-hybridized carbons (Fsp3) is 0.385. The molecule has 4 atom stereocenters. The SMILES string of the molecule is Cc1ccc(C(=O)CN(C(=O)c2ccc(Cl)cc2Cl)N2C(=O)[C@@H]3[C@H]4CC[C@@H](C4)[C@@H]3C2=O)cc1C. The third-order valence-electron chi connectivity index (χ3n) is 7.66. The van der Waals surface area contributed by atoms with Gasteiger partial charge in [-0.2, -0.15) is 5.01 Å². The quantitative estimate of drug-likeness (QED) is 0.434. The summed E-state index contributed by atoms with van der Waals surface area (Å²) < 4.78 is 0. The molecule has 0 aromatic heterocycles. The molecule has 2 saturated carbocycles. The van der Waals surface area contributed by atoms with Crippen LogP contribution < -0.4 is 0 Å². The molecule has 3 aliphatic rings. The van der Waals surface area contributed by atoms with E-state index in [0.29, 0.717) is 10.6 Å². The van der Waals surface area contributed by atoms with Gasteiger partial charge in [-0.25, -0.2) is 5.01 Å². The van der Waals surface area contributed by atoms with E-state index >= 15 is 0 Å². The topological polar surface area (TPSA) is 74.8 Å². The standard InChI is InChI=1S/C26H24Cl2N2O4/c1-13-3-4-15(9-14(13)2)21(31)12-29(24(32)19-8-7-18(27)11-20(19)28)30-25(33)22-16-5-6-17(10-16)23(22)26(30)34/h3-4,7-9,11,16-17,22-23H,5-6,10,12H2,1-2H3/t16-,17-,22-,23+/m0/s1. The third-order valence-corrected chi connectivity index (χ3v) is 8.21. The van der Waals surface area contributed by atoms with E-state index in [2.05, 4.69) is 0 Å². The van der Waals surface area contributed by atoms with Crippen LogP contribution in [0.15, 0.2) is 36.4 Å². The van der Waals surface area contributed by atoms with Gasteiger partial charge in [-0.15, -0.1) is 0 Å². The maximum atomic E-state index is 13.6. The van der Waals surface area contributed by atoms with Crippen molar-refractivity contribution in [1.82, 2.24) is 10.0 Å². The summed E-state index contributed by atoms with van der Waals surface area (Å²) in [6.45, 7) is 3.39. The van der Waals surface area contributed by atoms with E-state index in [1.165, 1.54) is 18.2 Å². The van der Waals surface area contributed by atoms with Gasteiger partial charge in [0.2, 0.25) is 0 Å². The van der Waals surface area contributed by atoms with Gasteiger partial charge in [-0.05, 0) is 80.3 Å². The van der Waals surface area contributed by atoms with Crippen molar-refractivity contribution in [1.29, 1.82) is 0 Å². The van der Waals surface area contributed by atoms with Gasteiger partial charge in [0.1, 0.15) is 6.54 Å². The zero-order chi connectivity index (χ0) is 24.3. The van der Waals surface area contributed by atoms with Gasteiger partial charge >= 0.3 is 0 Å². The number of rotatable bonds is 5. The first-order valence-corrected chi connectivity index (χ1v) is 12.2. The lowest BCUT2D eigenvalue weighted by molar-refractivity contribution is -0.154. The zero-order valence-corrected chi connectivity index (χ0v) is 20.4. The number of carbonyl (C=O) groups excluding carboxylic acids is 4. The average molecular weight is 499 g/mol. The Morgan fingerprint density at radius 1 is 0.941 bits per heavy atom. The lowest BCUT2D eigenvalue weighted by Crippen LogP contribution is -2.52. The molecule has 176 valence electrons. The van der Waals surface area contributed by atoms with Crippen LogP contribution in [0.5, 0.6) is 0 Å². The summed E-state index contributed by atoms with van der Waals surface area (Å²) in [5, 5.41) is 2.33. The monoisotopic (exact) mass is 498 g/mol. The van der Waals surface area contributed by atoms with Gasteiger partial charge in [0, 0.05) is 10.6 Å². The number of ketones is 1. The van der Waals surface area contributed by atoms with Crippen LogP contribution in [0.1, 0.15) is 51.1 Å². The van der Waals surface area contributed by atoms with Crippen LogP contribution >= 0.6 is 23.2 Å². The second kappa shape index (κ2) is 8.51. The number of hydrogen-bond acceptors (Lipinski definition) is 4. The highest BCUT2D eigenvalue weighted by atomic mass is 35.5. The van der Waals surface area contributed by atoms with Crippen LogP contribution in [0.3, 0.4) is 0 Å². The summed E-state index contributed by atoms with van der Waals surface area (Å²) in [7, 11) is 0. The largest absolute Gasteiger partial charge is 0.292 e. The van der Waals surface area contributed by atoms with E-state index in [-0.39, 0.29) is 28.2 Å². The van der Waals surface area contributed by atoms with E-state index in [9.17, 15) is 19.2 Å². The summed E-state index contributed by atoms with van der Waals surface area (Å²) >= 11 is 12.3. The van der Waals surface area contributed by atoms with Crippen LogP contribution in [0.4, 0.5) is 0 Å². The highest BCUT2D eigenvalue weighted by molar-refractivity contribution is 6.36. The van der Waals surface area contributed by atoms with Crippen molar-refractivity contribution < 1.29 is 19.2 Å². The van der Waals surface area contributed by atoms with Crippen LogP contribution in [0.2, 0.25) is 10.0 Å². The van der Waals surface area contributed by atoms with Gasteiger partial charge in [0.05, 0.1) is 22.4 Å². The second-order valence-electron chi connectivity index (χ2n) is 9.58. The van der Waals surface area contributed by atoms with Crippen molar-refractivity contribution in [3.8, 4) is 0 Å². The molecule has 34 heavy (non-hydrogen) atoms. The molecule has 2 aromatic rings. The molecule has 0 unspecified atom stereocenters. The first-order valence-electron chi connectivity index (χ1n) is 11.4. The van der Waals surface area contributed by atoms with Gasteiger partial charge < -0.3 is 0 Å². The number of Topliss-reactive ketones (excluding diaryl/α,β-unsaturated/α-hetero) is 1. The van der Waals surface area contributed by atoms with E-state index in [1.807, 2.05) is 19.9 Å². The molecule has 0 N–H and O–H groups in total. The first-order chi connectivity index (χ1) is 16.2. The van der Waals surface area contributed by atoms with Gasteiger partial charge in [-0.1, -0.05) is 35.3 Å². The highest BCUT2D eigenvalue weighted by Gasteiger charge is 2.62. The molecule has 1 aliphatic heterocycles. The molecule has 2 bridgehead atoms. The van der Waals surface area contributed by atoms with Crippen molar-refractivity contribution >= 4 is 46.7 Å². The molecular weight excluding hydrogens is 475 g/mol. The van der Waals surface area contributed by atoms with Crippen LogP contribution in [0, 0.1) is 37.5 Å². The van der Waals surface area contributed by atoms with Crippen molar-refractivity contribution in [2.75, 3.05) is 6.54 Å². The first kappa shape index (κ1) is 23.1. The molecule has 0 spiro atoms. The van der Waals surface area contributed by atoms with Crippen LogP contribution in [-0.2, 0) is 9.59 Å². The Balaban J connectivity index is 1.52. The fourth-order valence-electron chi connectivity index (χ4n) is 5.81. The third kappa shape index (κ3) is 3.64. The lowest BCUT2D eigenvalue weighted by Gasteiger charge is -2.31. The molecule has 1 saturated heterocycles. The number of imide groups is 1. The highest BCUT2D eigenvalue weighted by Crippen LogP contribution is 2.56. The fourth-order valence-corrected chi connectivity index (χ4v) is 6.30. The maximum absolute atomic E-state index is 13.6. The Morgan fingerprint density at radius 3 is 2.18 bits per heavy atom. The summed E-state index contributed by atoms with van der Waals surface area (Å²) in [4.78, 5) is 53.8. The number of benzene rings is 2. The molecule has 3 fully saturated rings. The molecule has 3 amide bonds. The number of carbonyl (C=O) groups is 4. The van der Waals surface area contributed by atoms with Crippen LogP contribution in [-0.4, -0.2) is 40.1 Å². The van der Waals surface area contributed by atoms with Crippen molar-refractivity contribution in [2.45, 2.75) is 33.1 Å². The number of halogens is 2. The van der Waals surface area contributed by atoms with Gasteiger partial charge in [-0.3, -0.25) is 19.2 Å². The number of hydrazine groups is 1. The number of aryl methyl sites for hydroxylation is 2. The van der Waals surface area contributed by atoms with Crippen molar-refractivity contribution in [2.24, 2.45) is 23.7 Å². The number of nitrogens with zero attached hydrogens (tertiary/aromatic N) is 2. The lowest BCUT2D eigenvalue weighted by atomic mass is 9.81. The Hall–Kier alpha value is -2.70. The summed E-state index contributed by atoms with van der Waals surface area (Å²) in [5.74, 6) is -2.37. The summed E-state index contributed by atoms with van der Waals surface area (Å²) in [5.41, 5.74) is 2.44. The Bertz CT molecular complexity index is 1220. The maximum Gasteiger partial charge on any atom is 0.274 e. The van der Waals surface area contributed by atoms with Crippen molar-refractivity contribution in [3.63, 3.8) is 0 Å². The second-order valence-corrected chi connectivity index (χ2v) is 10.4. The molecule has 2 aromatic carbocycles. The number of hydrogen-bond donors (Lipinski definition) is 0. The molecule has 2 aliphatic carbocycles. The predicted molar refractivity (Wildman–Crippen MR) is 127 cm³/mol. The normalized spacial score (nSPS) is 25.1. The molecule has 0 radical (unpaired) electrons. The molecular formula is C26H24Cl2N2O4. The Labute approximate surface area is 207 Å². The van der Waals surface area contributed by atoms with E-state index in [4.69, 9.17) is 23.2 Å². The van der Waals surface area contributed by atoms with E-state index in [1.54, 1.807) is 12.1 Å². The number of fused-ring (bicyclic) bond motifs is 5. The summed E-state index contributed by atoms with van der Waals surface area (Å²) in [6.07, 6.45) is 2.70. The predicted octanol–water partition coefficient (Wildman–Crippen LogP) is 4.88. The van der Waals surface area contributed by atoms with E-state index in [0.717, 1.165) is 40.4 Å². The number of amides is 3. The zero-order valence-electron chi connectivity index (χ0n) is 18.9. The molecule has 8 heteroatoms. The van der Waals surface area contributed by atoms with E-state index < -0.39 is 36.1 Å². The van der Waals surface area contributed by atoms with Gasteiger partial charge in [0.25, 0.3) is 17.7 Å². The molecule has 1 heterocycles. The van der Waals surface area contributed by atoms with Crippen LogP contribution in [0.25, 0.3) is 0 Å².